The number of nitrogens with zero attached hydrogens (tertiary/aromatic N) is 4. The number of nitrogens with one attached hydrogen (secondary N) is 1. The molecule has 2 aromatic carbocycles. The number of anilines is 1. The second-order valence-corrected chi connectivity index (χ2v) is 9.80. The highest BCUT2D eigenvalue weighted by Crippen LogP contribution is 2.29. The Labute approximate surface area is 220 Å². The van der Waals surface area contributed by atoms with Crippen molar-refractivity contribution in [2.45, 2.75) is 39.8 Å². The number of benzene rings is 2. The van der Waals surface area contributed by atoms with Crippen LogP contribution in [0.4, 0.5) is 5.69 Å². The number of carbonyl (C=O) groups excluding carboxylic acids is 2. The van der Waals surface area contributed by atoms with Crippen LogP contribution in [-0.2, 0) is 29.5 Å². The van der Waals surface area contributed by atoms with Crippen molar-refractivity contribution in [2.24, 2.45) is 7.05 Å². The molecule has 0 fully saturated rings. The van der Waals surface area contributed by atoms with Crippen LogP contribution in [0, 0.1) is 6.92 Å². The van der Waals surface area contributed by atoms with E-state index in [1.165, 1.54) is 4.68 Å². The number of rotatable bonds is 6. The summed E-state index contributed by atoms with van der Waals surface area (Å²) in [6.07, 6.45) is 0.736. The predicted molar refractivity (Wildman–Crippen MR) is 146 cm³/mol. The maximum absolute atomic E-state index is 13.4. The quantitative estimate of drug-likeness (QED) is 0.396. The second kappa shape index (κ2) is 10.3. The lowest BCUT2D eigenvalue weighted by atomic mass is 9.95. The largest absolute Gasteiger partial charge is 0.452 e. The van der Waals surface area contributed by atoms with Crippen LogP contribution in [0.5, 0.6) is 0 Å². The molecule has 9 nitrogen and oxygen atoms in total. The fourth-order valence-corrected chi connectivity index (χ4v) is 4.98. The number of hydrogen-bond donors (Lipinski definition) is 1. The standard InChI is InChI=1S/C29H31N5O4/c1-18(2)33-15-14-24-22(16-33)26(21-12-8-9-13-23(21)30-24)29(37)38-17-25(35)31-27-19(3)32(4)34(28(27)36)20-10-6-5-7-11-20/h5-13,18H,14-17H2,1-4H3,(H,31,35). The Kier molecular flexibility index (Phi) is 6.86. The Morgan fingerprint density at radius 3 is 2.53 bits per heavy atom. The molecule has 3 heterocycles. The van der Waals surface area contributed by atoms with Crippen LogP contribution >= 0.6 is 0 Å². The monoisotopic (exact) mass is 513 g/mol. The van der Waals surface area contributed by atoms with Crippen molar-refractivity contribution in [3.05, 3.63) is 87.5 Å². The molecule has 1 aliphatic heterocycles. The van der Waals surface area contributed by atoms with E-state index >= 15 is 0 Å². The van der Waals surface area contributed by atoms with E-state index in [2.05, 4.69) is 24.1 Å². The Morgan fingerprint density at radius 1 is 1.08 bits per heavy atom. The van der Waals surface area contributed by atoms with Gasteiger partial charge in [-0.15, -0.1) is 0 Å². The molecule has 0 bridgehead atoms. The van der Waals surface area contributed by atoms with Crippen LogP contribution in [0.25, 0.3) is 16.6 Å². The van der Waals surface area contributed by atoms with Crippen LogP contribution in [0.15, 0.2) is 59.4 Å². The van der Waals surface area contributed by atoms with Crippen molar-refractivity contribution >= 4 is 28.5 Å². The van der Waals surface area contributed by atoms with Crippen molar-refractivity contribution in [1.82, 2.24) is 19.2 Å². The van der Waals surface area contributed by atoms with Gasteiger partial charge in [-0.05, 0) is 39.0 Å². The average molecular weight is 514 g/mol. The Hall–Kier alpha value is -4.24. The summed E-state index contributed by atoms with van der Waals surface area (Å²) < 4.78 is 8.68. The molecule has 0 saturated heterocycles. The minimum Gasteiger partial charge on any atom is -0.452 e. The molecule has 1 N–H and O–H groups in total. The summed E-state index contributed by atoms with van der Waals surface area (Å²) in [6.45, 7) is 6.93. The SMILES string of the molecule is Cc1c(NC(=O)COC(=O)c2c3c(nc4ccccc24)CCN(C(C)C)C3)c(=O)n(-c2ccccc2)n1C. The molecule has 0 radical (unpaired) electrons. The smallest absolute Gasteiger partial charge is 0.339 e. The maximum Gasteiger partial charge on any atom is 0.339 e. The first-order valence-corrected chi connectivity index (χ1v) is 12.7. The zero-order valence-electron chi connectivity index (χ0n) is 22.0. The zero-order valence-corrected chi connectivity index (χ0v) is 22.0. The minimum absolute atomic E-state index is 0.150. The summed E-state index contributed by atoms with van der Waals surface area (Å²) >= 11 is 0. The van der Waals surface area contributed by atoms with Gasteiger partial charge in [-0.3, -0.25) is 24.2 Å². The molecule has 0 atom stereocenters. The van der Waals surface area contributed by atoms with Crippen LogP contribution in [0.1, 0.15) is 41.2 Å². The van der Waals surface area contributed by atoms with E-state index in [9.17, 15) is 14.4 Å². The highest BCUT2D eigenvalue weighted by molar-refractivity contribution is 6.06. The summed E-state index contributed by atoms with van der Waals surface area (Å²) in [5.74, 6) is -1.16. The van der Waals surface area contributed by atoms with Gasteiger partial charge in [-0.25, -0.2) is 9.48 Å². The zero-order chi connectivity index (χ0) is 27.0. The molecule has 0 spiro atoms. The van der Waals surface area contributed by atoms with E-state index in [1.807, 2.05) is 54.6 Å². The third kappa shape index (κ3) is 4.61. The summed E-state index contributed by atoms with van der Waals surface area (Å²) in [5.41, 5.74) is 3.96. The molecule has 4 aromatic rings. The van der Waals surface area contributed by atoms with Gasteiger partial charge in [0.05, 0.1) is 22.5 Å². The van der Waals surface area contributed by atoms with Crippen LogP contribution < -0.4 is 10.9 Å². The molecule has 196 valence electrons. The third-order valence-corrected chi connectivity index (χ3v) is 7.16. The molecular weight excluding hydrogens is 482 g/mol. The van der Waals surface area contributed by atoms with Crippen molar-refractivity contribution in [1.29, 1.82) is 0 Å². The molecule has 1 aliphatic rings. The fraction of sp³-hybridized carbons (Fsp3) is 0.310. The molecule has 5 rings (SSSR count). The van der Waals surface area contributed by atoms with Gasteiger partial charge in [0.25, 0.3) is 11.5 Å². The molecule has 1 amide bonds. The lowest BCUT2D eigenvalue weighted by molar-refractivity contribution is -0.119. The summed E-state index contributed by atoms with van der Waals surface area (Å²) in [4.78, 5) is 46.5. The average Bonchev–Trinajstić information content (AvgIpc) is 3.13. The number of para-hydroxylation sites is 2. The van der Waals surface area contributed by atoms with Gasteiger partial charge in [0.2, 0.25) is 0 Å². The van der Waals surface area contributed by atoms with E-state index in [0.717, 1.165) is 29.7 Å². The molecule has 0 saturated carbocycles. The third-order valence-electron chi connectivity index (χ3n) is 7.16. The fourth-order valence-electron chi connectivity index (χ4n) is 4.98. The lowest BCUT2D eigenvalue weighted by Crippen LogP contribution is -2.37. The Bertz CT molecular complexity index is 1590. The van der Waals surface area contributed by atoms with Gasteiger partial charge >= 0.3 is 5.97 Å². The molecule has 2 aromatic heterocycles. The second-order valence-electron chi connectivity index (χ2n) is 9.80. The first-order chi connectivity index (χ1) is 18.3. The molecule has 9 heteroatoms. The van der Waals surface area contributed by atoms with Crippen LogP contribution in [0.3, 0.4) is 0 Å². The van der Waals surface area contributed by atoms with Gasteiger partial charge in [-0.2, -0.15) is 0 Å². The van der Waals surface area contributed by atoms with Gasteiger partial charge in [0, 0.05) is 49.2 Å². The van der Waals surface area contributed by atoms with Crippen molar-refractivity contribution in [3.63, 3.8) is 0 Å². The lowest BCUT2D eigenvalue weighted by Gasteiger charge is -2.32. The number of fused-ring (bicyclic) bond motifs is 2. The Morgan fingerprint density at radius 2 is 1.79 bits per heavy atom. The highest BCUT2D eigenvalue weighted by Gasteiger charge is 2.28. The van der Waals surface area contributed by atoms with E-state index in [4.69, 9.17) is 9.72 Å². The van der Waals surface area contributed by atoms with Gasteiger partial charge in [0.1, 0.15) is 5.69 Å². The predicted octanol–water partition coefficient (Wildman–Crippen LogP) is 3.59. The van der Waals surface area contributed by atoms with E-state index in [-0.39, 0.29) is 11.2 Å². The highest BCUT2D eigenvalue weighted by atomic mass is 16.5. The van der Waals surface area contributed by atoms with Gasteiger partial charge in [-0.1, -0.05) is 36.4 Å². The molecule has 0 aliphatic carbocycles. The first-order valence-electron chi connectivity index (χ1n) is 12.7. The van der Waals surface area contributed by atoms with E-state index in [0.29, 0.717) is 34.9 Å². The molecular formula is C29H31N5O4. The Balaban J connectivity index is 1.38. The number of aromatic nitrogens is 3. The van der Waals surface area contributed by atoms with Gasteiger partial charge in [0.15, 0.2) is 6.61 Å². The maximum atomic E-state index is 13.4. The summed E-state index contributed by atoms with van der Waals surface area (Å²) in [6, 6.07) is 17.0. The minimum atomic E-state index is -0.583. The number of ether oxygens (including phenoxy) is 1. The van der Waals surface area contributed by atoms with Gasteiger partial charge < -0.3 is 10.1 Å². The summed E-state index contributed by atoms with van der Waals surface area (Å²) in [7, 11) is 1.75. The van der Waals surface area contributed by atoms with Crippen molar-refractivity contribution < 1.29 is 14.3 Å². The molecule has 0 unspecified atom stereocenters. The first kappa shape index (κ1) is 25.4. The van der Waals surface area contributed by atoms with Crippen molar-refractivity contribution in [3.8, 4) is 5.69 Å². The normalized spacial score (nSPS) is 13.5. The summed E-state index contributed by atoms with van der Waals surface area (Å²) in [5, 5.41) is 3.35. The van der Waals surface area contributed by atoms with Crippen LogP contribution in [-0.4, -0.2) is 50.3 Å². The van der Waals surface area contributed by atoms with Crippen LogP contribution in [0.2, 0.25) is 0 Å². The number of carbonyl (C=O) groups is 2. The number of hydrogen-bond acceptors (Lipinski definition) is 6. The van der Waals surface area contributed by atoms with Crippen molar-refractivity contribution in [2.75, 3.05) is 18.5 Å². The number of pyridine rings is 1. The van der Waals surface area contributed by atoms with E-state index in [1.54, 1.807) is 18.7 Å². The number of esters is 1. The van der Waals surface area contributed by atoms with E-state index < -0.39 is 18.5 Å². The number of amides is 1. The topological polar surface area (TPSA) is 98.5 Å². The molecule has 38 heavy (non-hydrogen) atoms.